The van der Waals surface area contributed by atoms with Crippen LogP contribution in [0.2, 0.25) is 18.1 Å². The maximum absolute atomic E-state index is 12.4. The lowest BCUT2D eigenvalue weighted by Gasteiger charge is -2.51. The molecule has 3 aromatic carbocycles. The smallest absolute Gasteiger partial charge is 0.217 e. The van der Waals surface area contributed by atoms with E-state index in [1.165, 1.54) is 14.0 Å². The molecule has 0 saturated carbocycles. The first kappa shape index (κ1) is 43.5. The van der Waals surface area contributed by atoms with E-state index in [-0.39, 0.29) is 37.4 Å². The molecule has 0 radical (unpaired) electrons. The average molecular weight is 808 g/mol. The summed E-state index contributed by atoms with van der Waals surface area (Å²) in [5, 5.41) is 14.9. The Labute approximate surface area is 338 Å². The summed E-state index contributed by atoms with van der Waals surface area (Å²) >= 11 is 0. The van der Waals surface area contributed by atoms with Crippen LogP contribution in [-0.2, 0) is 60.3 Å². The third kappa shape index (κ3) is 10.4. The maximum Gasteiger partial charge on any atom is 0.217 e. The number of ether oxygens (including phenoxy) is 8. The Morgan fingerprint density at radius 1 is 0.842 bits per heavy atom. The SMILES string of the molecule is CO[C@@H]1O[C@H](CO[Si](C)(C)C(C)(C)C(C)C)[C@@H](O[C@H]2O[C@@H]3COC(c4ccccc4)O[C@@H]3[C@H](OCc3ccccc3)[C@H]2OCc2ccccc2)[C@H](O)[C@H]1NC(C)=O. The lowest BCUT2D eigenvalue weighted by Crippen LogP contribution is -2.68. The first-order chi connectivity index (χ1) is 27.3. The van der Waals surface area contributed by atoms with Crippen LogP contribution in [0.25, 0.3) is 0 Å². The Morgan fingerprint density at radius 2 is 1.42 bits per heavy atom. The molecule has 1 unspecified atom stereocenters. The number of aliphatic hydroxyl groups is 1. The van der Waals surface area contributed by atoms with Crippen LogP contribution in [0.3, 0.4) is 0 Å². The van der Waals surface area contributed by atoms with Gasteiger partial charge in [-0.05, 0) is 35.2 Å². The first-order valence-corrected chi connectivity index (χ1v) is 22.9. The van der Waals surface area contributed by atoms with Crippen molar-refractivity contribution in [3.8, 4) is 0 Å². The van der Waals surface area contributed by atoms with Gasteiger partial charge in [0.05, 0.1) is 26.4 Å². The number of fused-ring (bicyclic) bond motifs is 1. The molecule has 6 rings (SSSR count). The van der Waals surface area contributed by atoms with E-state index in [2.05, 4.69) is 46.1 Å². The van der Waals surface area contributed by atoms with Crippen molar-refractivity contribution in [2.24, 2.45) is 5.92 Å². The topological polar surface area (TPSA) is 132 Å². The molecule has 3 aliphatic rings. The number of aliphatic hydroxyl groups excluding tert-OH is 1. The van der Waals surface area contributed by atoms with Gasteiger partial charge in [0.25, 0.3) is 0 Å². The summed E-state index contributed by atoms with van der Waals surface area (Å²) in [5.74, 6) is 0.00495. The molecule has 0 bridgehead atoms. The number of carbonyl (C=O) groups is 1. The van der Waals surface area contributed by atoms with Crippen molar-refractivity contribution in [1.29, 1.82) is 0 Å². The van der Waals surface area contributed by atoms with Crippen LogP contribution in [-0.4, -0.2) is 101 Å². The highest BCUT2D eigenvalue weighted by atomic mass is 28.4. The van der Waals surface area contributed by atoms with Crippen LogP contribution < -0.4 is 5.32 Å². The Kier molecular flexibility index (Phi) is 14.8. The van der Waals surface area contributed by atoms with E-state index in [9.17, 15) is 9.90 Å². The number of hydrogen-bond acceptors (Lipinski definition) is 11. The lowest BCUT2D eigenvalue weighted by atomic mass is 9.94. The zero-order valence-corrected chi connectivity index (χ0v) is 35.4. The number of benzene rings is 3. The fourth-order valence-electron chi connectivity index (χ4n) is 7.47. The van der Waals surface area contributed by atoms with E-state index in [0.717, 1.165) is 16.7 Å². The van der Waals surface area contributed by atoms with Gasteiger partial charge in [-0.2, -0.15) is 0 Å². The summed E-state index contributed by atoms with van der Waals surface area (Å²) < 4.78 is 59.2. The molecule has 3 aromatic rings. The predicted octanol–water partition coefficient (Wildman–Crippen LogP) is 6.28. The fourth-order valence-corrected chi connectivity index (χ4v) is 9.82. The largest absolute Gasteiger partial charge is 0.414 e. The summed E-state index contributed by atoms with van der Waals surface area (Å²) in [5.41, 5.74) is 2.78. The Balaban J connectivity index is 1.35. The van der Waals surface area contributed by atoms with Crippen molar-refractivity contribution in [1.82, 2.24) is 5.32 Å². The number of nitrogens with one attached hydrogen (secondary N) is 1. The van der Waals surface area contributed by atoms with Crippen LogP contribution in [0.5, 0.6) is 0 Å². The summed E-state index contributed by atoms with van der Waals surface area (Å²) in [7, 11) is -0.893. The minimum atomic E-state index is -2.37. The molecular weight excluding hydrogens is 747 g/mol. The van der Waals surface area contributed by atoms with Crippen molar-refractivity contribution < 1.29 is 52.2 Å². The van der Waals surface area contributed by atoms with Gasteiger partial charge in [0, 0.05) is 19.6 Å². The fraction of sp³-hybridized carbons (Fsp3) is 0.568. The molecule has 3 saturated heterocycles. The highest BCUT2D eigenvalue weighted by Crippen LogP contribution is 2.45. The van der Waals surface area contributed by atoms with Gasteiger partial charge in [0.1, 0.15) is 48.8 Å². The van der Waals surface area contributed by atoms with E-state index in [4.69, 9.17) is 42.3 Å². The third-order valence-electron chi connectivity index (χ3n) is 12.1. The molecule has 1 amide bonds. The number of hydrogen-bond donors (Lipinski definition) is 2. The third-order valence-corrected chi connectivity index (χ3v) is 16.7. The molecular formula is C44H61NO11Si. The van der Waals surface area contributed by atoms with Gasteiger partial charge >= 0.3 is 0 Å². The van der Waals surface area contributed by atoms with E-state index in [0.29, 0.717) is 5.92 Å². The van der Waals surface area contributed by atoms with E-state index < -0.39 is 76.0 Å². The molecule has 2 N–H and O–H groups in total. The van der Waals surface area contributed by atoms with Crippen molar-refractivity contribution in [3.05, 3.63) is 108 Å². The van der Waals surface area contributed by atoms with Gasteiger partial charge in [-0.15, -0.1) is 0 Å². The minimum absolute atomic E-state index is 0.0875. The standard InChI is InChI=1S/C44H61NO11Si/c1-28(2)44(4,5)57(7,8)52-27-34-37(36(47)35(45-29(3)46)42(48-6)53-34)55-43-40(50-25-31-20-14-10-15-21-31)39(49-24-30-18-12-9-13-19-30)38-33(54-43)26-51-41(56-38)32-22-16-11-17-23-32/h9-23,28,33-43,47H,24-27H2,1-8H3,(H,45,46)/t33-,34-,35-,36-,37-,38+,39+,40-,41?,42-,43-/m1/s1. The van der Waals surface area contributed by atoms with Gasteiger partial charge in [0.2, 0.25) is 5.91 Å². The average Bonchev–Trinajstić information content (AvgIpc) is 3.21. The van der Waals surface area contributed by atoms with E-state index in [1.54, 1.807) is 0 Å². The van der Waals surface area contributed by atoms with Gasteiger partial charge in [0.15, 0.2) is 27.2 Å². The van der Waals surface area contributed by atoms with E-state index >= 15 is 0 Å². The highest BCUT2D eigenvalue weighted by molar-refractivity contribution is 6.74. The van der Waals surface area contributed by atoms with Crippen molar-refractivity contribution in [2.75, 3.05) is 20.3 Å². The monoisotopic (exact) mass is 807 g/mol. The molecule has 0 spiro atoms. The van der Waals surface area contributed by atoms with Crippen LogP contribution >= 0.6 is 0 Å². The number of rotatable bonds is 16. The van der Waals surface area contributed by atoms with E-state index in [1.807, 2.05) is 91.0 Å². The van der Waals surface area contributed by atoms with Crippen LogP contribution in [0.1, 0.15) is 57.6 Å². The molecule has 0 aromatic heterocycles. The molecule has 12 nitrogen and oxygen atoms in total. The first-order valence-electron chi connectivity index (χ1n) is 20.0. The summed E-state index contributed by atoms with van der Waals surface area (Å²) in [4.78, 5) is 12.4. The summed E-state index contributed by atoms with van der Waals surface area (Å²) in [6.07, 6.45) is -8.69. The molecule has 312 valence electrons. The van der Waals surface area contributed by atoms with Crippen LogP contribution in [0.4, 0.5) is 0 Å². The normalized spacial score (nSPS) is 30.8. The summed E-state index contributed by atoms with van der Waals surface area (Å²) in [6.45, 7) is 15.4. The zero-order chi connectivity index (χ0) is 40.7. The molecule has 57 heavy (non-hydrogen) atoms. The molecule has 13 heteroatoms. The summed E-state index contributed by atoms with van der Waals surface area (Å²) in [6, 6.07) is 28.5. The molecule has 3 aliphatic heterocycles. The van der Waals surface area contributed by atoms with Gasteiger partial charge in [-0.3, -0.25) is 4.79 Å². The Morgan fingerprint density at radius 3 is 1.98 bits per heavy atom. The van der Waals surface area contributed by atoms with Gasteiger partial charge in [-0.1, -0.05) is 119 Å². The molecule has 3 fully saturated rings. The quantitative estimate of drug-likeness (QED) is 0.159. The Hall–Kier alpha value is -3.05. The number of amides is 1. The van der Waals surface area contributed by atoms with Crippen molar-refractivity contribution in [3.63, 3.8) is 0 Å². The van der Waals surface area contributed by atoms with Crippen molar-refractivity contribution >= 4 is 14.2 Å². The Bertz CT molecular complexity index is 1680. The molecule has 3 heterocycles. The lowest BCUT2D eigenvalue weighted by molar-refractivity contribution is -0.389. The molecule has 11 atom stereocenters. The second-order valence-electron chi connectivity index (χ2n) is 16.5. The predicted molar refractivity (Wildman–Crippen MR) is 215 cm³/mol. The number of methoxy groups -OCH3 is 1. The van der Waals surface area contributed by atoms with Crippen LogP contribution in [0, 0.1) is 5.92 Å². The molecule has 0 aliphatic carbocycles. The van der Waals surface area contributed by atoms with Crippen LogP contribution in [0.15, 0.2) is 91.0 Å². The minimum Gasteiger partial charge on any atom is -0.414 e. The maximum atomic E-state index is 12.4. The van der Waals surface area contributed by atoms with Gasteiger partial charge in [-0.25, -0.2) is 0 Å². The zero-order valence-electron chi connectivity index (χ0n) is 34.4. The highest BCUT2D eigenvalue weighted by Gasteiger charge is 2.55. The van der Waals surface area contributed by atoms with Crippen molar-refractivity contribution in [2.45, 2.75) is 134 Å². The second-order valence-corrected chi connectivity index (χ2v) is 21.1. The number of carbonyl (C=O) groups excluding carboxylic acids is 1. The second kappa shape index (κ2) is 19.3. The van der Waals surface area contributed by atoms with Gasteiger partial charge < -0.3 is 52.7 Å².